The van der Waals surface area contributed by atoms with Crippen molar-refractivity contribution in [1.82, 2.24) is 19.5 Å². The first kappa shape index (κ1) is 32.6. The molecule has 4 heterocycles. The second-order valence-electron chi connectivity index (χ2n) is 11.4. The van der Waals surface area contributed by atoms with E-state index in [1.807, 2.05) is 24.3 Å². The first-order valence-electron chi connectivity index (χ1n) is 15.1. The second kappa shape index (κ2) is 14.2. The Morgan fingerprint density at radius 2 is 1.70 bits per heavy atom. The Bertz CT molecular complexity index is 1680. The van der Waals surface area contributed by atoms with Gasteiger partial charge in [-0.3, -0.25) is 9.69 Å². The van der Waals surface area contributed by atoms with E-state index >= 15 is 0 Å². The predicted molar refractivity (Wildman–Crippen MR) is 176 cm³/mol. The summed E-state index contributed by atoms with van der Waals surface area (Å²) in [6, 6.07) is 21.9. The van der Waals surface area contributed by atoms with E-state index in [-0.39, 0.29) is 12.5 Å². The monoisotopic (exact) mass is 687 g/mol. The highest BCUT2D eigenvalue weighted by molar-refractivity contribution is 7.85. The molecule has 0 radical (unpaired) electrons. The molecule has 0 aliphatic carbocycles. The average Bonchev–Trinajstić information content (AvgIpc) is 3.73. The zero-order chi connectivity index (χ0) is 32.3. The van der Waals surface area contributed by atoms with E-state index < -0.39 is 28.8 Å². The predicted octanol–water partition coefficient (Wildman–Crippen LogP) is 6.61. The molecular weight excluding hydrogens is 655 g/mol. The molecule has 1 amide bonds. The fourth-order valence-electron chi connectivity index (χ4n) is 5.80. The van der Waals surface area contributed by atoms with Crippen LogP contribution >= 0.6 is 22.9 Å². The molecule has 0 spiro atoms. The van der Waals surface area contributed by atoms with Gasteiger partial charge in [0.15, 0.2) is 0 Å². The number of nitrogens with zero attached hydrogens (tertiary/aromatic N) is 4. The number of piperazine rings is 1. The Labute approximate surface area is 277 Å². The number of hydrogen-bond acceptors (Lipinski definition) is 6. The SMILES string of the molecule is O=C(NCc1cc(-c2ccc(C(F)(F)F)cc2)nc(N2CCN(Cc3ccccc3)CC2)c1)[C@@H]1CCCN1S(=O)c1ccc(Cl)s1. The summed E-state index contributed by atoms with van der Waals surface area (Å²) in [5, 5.41) is 3.01. The van der Waals surface area contributed by atoms with Gasteiger partial charge in [-0.2, -0.15) is 13.2 Å². The third kappa shape index (κ3) is 7.80. The number of halogens is 4. The molecule has 2 fully saturated rings. The van der Waals surface area contributed by atoms with Gasteiger partial charge < -0.3 is 10.2 Å². The quantitative estimate of drug-likeness (QED) is 0.215. The van der Waals surface area contributed by atoms with Gasteiger partial charge in [-0.25, -0.2) is 13.5 Å². The summed E-state index contributed by atoms with van der Waals surface area (Å²) in [7, 11) is -1.49. The van der Waals surface area contributed by atoms with Crippen LogP contribution in [0.25, 0.3) is 11.3 Å². The van der Waals surface area contributed by atoms with Crippen molar-refractivity contribution in [1.29, 1.82) is 0 Å². The van der Waals surface area contributed by atoms with Crippen LogP contribution in [0.15, 0.2) is 83.1 Å². The van der Waals surface area contributed by atoms with Crippen molar-refractivity contribution < 1.29 is 22.2 Å². The maximum atomic E-state index is 13.4. The van der Waals surface area contributed by atoms with E-state index in [1.165, 1.54) is 29.0 Å². The lowest BCUT2D eigenvalue weighted by molar-refractivity contribution is -0.137. The van der Waals surface area contributed by atoms with Gasteiger partial charge in [0, 0.05) is 51.4 Å². The molecule has 2 atom stereocenters. The minimum Gasteiger partial charge on any atom is -0.354 e. The molecule has 6 rings (SSSR count). The van der Waals surface area contributed by atoms with Crippen molar-refractivity contribution in [3.63, 3.8) is 0 Å². The van der Waals surface area contributed by atoms with Crippen molar-refractivity contribution in [2.75, 3.05) is 37.6 Å². The number of anilines is 1. The zero-order valence-electron chi connectivity index (χ0n) is 24.9. The normalized spacial score (nSPS) is 18.5. The molecule has 0 saturated carbocycles. The minimum atomic E-state index is -4.43. The number of aromatic nitrogens is 1. The summed E-state index contributed by atoms with van der Waals surface area (Å²) >= 11 is 7.29. The lowest BCUT2D eigenvalue weighted by Crippen LogP contribution is -2.46. The van der Waals surface area contributed by atoms with Crippen LogP contribution in [-0.2, 0) is 35.0 Å². The van der Waals surface area contributed by atoms with Crippen LogP contribution < -0.4 is 10.2 Å². The molecule has 1 N–H and O–H groups in total. The van der Waals surface area contributed by atoms with Crippen LogP contribution in [0.4, 0.5) is 19.0 Å². The van der Waals surface area contributed by atoms with Crippen LogP contribution in [0.3, 0.4) is 0 Å². The van der Waals surface area contributed by atoms with Crippen LogP contribution in [0, 0.1) is 0 Å². The number of thiophene rings is 1. The summed E-state index contributed by atoms with van der Waals surface area (Å²) in [5.41, 5.74) is 2.38. The fourth-order valence-corrected chi connectivity index (χ4v) is 8.70. The number of alkyl halides is 3. The highest BCUT2D eigenvalue weighted by Crippen LogP contribution is 2.32. The van der Waals surface area contributed by atoms with E-state index in [0.717, 1.165) is 56.8 Å². The molecule has 2 aromatic heterocycles. The Balaban J connectivity index is 1.19. The number of nitrogens with one attached hydrogen (secondary N) is 1. The Hall–Kier alpha value is -3.29. The average molecular weight is 688 g/mol. The minimum absolute atomic E-state index is 0.192. The maximum absolute atomic E-state index is 13.4. The van der Waals surface area contributed by atoms with Gasteiger partial charge in [-0.05, 0) is 60.4 Å². The molecular formula is C33H33ClF3N5O2S2. The van der Waals surface area contributed by atoms with Gasteiger partial charge in [-0.15, -0.1) is 11.3 Å². The van der Waals surface area contributed by atoms with Crippen LogP contribution in [0.1, 0.15) is 29.5 Å². The van der Waals surface area contributed by atoms with E-state index in [1.54, 1.807) is 22.5 Å². The van der Waals surface area contributed by atoms with E-state index in [4.69, 9.17) is 16.6 Å². The first-order valence-corrected chi connectivity index (χ1v) is 17.4. The fraction of sp³-hybridized carbons (Fsp3) is 0.333. The molecule has 7 nitrogen and oxygen atoms in total. The van der Waals surface area contributed by atoms with Crippen LogP contribution in [0.2, 0.25) is 4.34 Å². The molecule has 1 unspecified atom stereocenters. The zero-order valence-corrected chi connectivity index (χ0v) is 27.3. The molecule has 4 aromatic rings. The third-order valence-electron chi connectivity index (χ3n) is 8.23. The number of benzene rings is 2. The molecule has 2 saturated heterocycles. The Morgan fingerprint density at radius 1 is 0.957 bits per heavy atom. The van der Waals surface area contributed by atoms with Crippen molar-refractivity contribution in [3.05, 3.63) is 99.9 Å². The topological polar surface area (TPSA) is 68.8 Å². The van der Waals surface area contributed by atoms with E-state index in [9.17, 15) is 22.2 Å². The molecule has 0 bridgehead atoms. The van der Waals surface area contributed by atoms with Crippen molar-refractivity contribution in [2.45, 2.75) is 42.4 Å². The number of amides is 1. The van der Waals surface area contributed by atoms with Gasteiger partial charge >= 0.3 is 6.18 Å². The van der Waals surface area contributed by atoms with Gasteiger partial charge in [0.2, 0.25) is 5.91 Å². The number of hydrogen-bond donors (Lipinski definition) is 1. The standard InChI is InChI=1S/C33H33ClF3N5O2S2/c34-29-12-13-31(45-29)46(44)42-14-4-7-28(42)32(43)38-21-24-19-27(25-8-10-26(11-9-25)33(35,36)37)39-30(20-24)41-17-15-40(16-18-41)22-23-5-2-1-3-6-23/h1-3,5-6,8-13,19-20,28H,4,7,14-18,21-22H2,(H,38,43)/t28-,46?/m0/s1. The second-order valence-corrected chi connectivity index (χ2v) is 14.7. The molecule has 13 heteroatoms. The molecule has 2 aromatic carbocycles. The number of carbonyl (C=O) groups excluding carboxylic acids is 1. The van der Waals surface area contributed by atoms with Crippen molar-refractivity contribution in [3.8, 4) is 11.3 Å². The highest BCUT2D eigenvalue weighted by atomic mass is 35.5. The van der Waals surface area contributed by atoms with Gasteiger partial charge in [-0.1, -0.05) is 54.1 Å². The summed E-state index contributed by atoms with van der Waals surface area (Å²) in [4.78, 5) is 22.8. The molecule has 2 aliphatic heterocycles. The third-order valence-corrected chi connectivity index (χ3v) is 11.3. The summed E-state index contributed by atoms with van der Waals surface area (Å²) < 4.78 is 55.8. The largest absolute Gasteiger partial charge is 0.416 e. The molecule has 46 heavy (non-hydrogen) atoms. The maximum Gasteiger partial charge on any atom is 0.416 e. The smallest absolute Gasteiger partial charge is 0.354 e. The van der Waals surface area contributed by atoms with E-state index in [2.05, 4.69) is 27.2 Å². The number of rotatable bonds is 9. The number of carbonyl (C=O) groups is 1. The highest BCUT2D eigenvalue weighted by Gasteiger charge is 2.35. The van der Waals surface area contributed by atoms with Crippen LogP contribution in [-0.4, -0.2) is 63.1 Å². The van der Waals surface area contributed by atoms with Gasteiger partial charge in [0.1, 0.15) is 27.1 Å². The van der Waals surface area contributed by atoms with Crippen molar-refractivity contribution >= 4 is 45.6 Å². The van der Waals surface area contributed by atoms with Crippen molar-refractivity contribution in [2.24, 2.45) is 0 Å². The Morgan fingerprint density at radius 3 is 2.37 bits per heavy atom. The summed E-state index contributed by atoms with van der Waals surface area (Å²) in [6.45, 7) is 4.71. The lowest BCUT2D eigenvalue weighted by Gasteiger charge is -2.35. The molecule has 242 valence electrons. The first-order chi connectivity index (χ1) is 22.1. The Kier molecular flexibility index (Phi) is 10.1. The number of pyridine rings is 1. The molecule has 2 aliphatic rings. The van der Waals surface area contributed by atoms with Gasteiger partial charge in [0.05, 0.1) is 15.6 Å². The summed E-state index contributed by atoms with van der Waals surface area (Å²) in [6.07, 6.45) is -3.10. The summed E-state index contributed by atoms with van der Waals surface area (Å²) in [5.74, 6) is 0.483. The lowest BCUT2D eigenvalue weighted by atomic mass is 10.1. The van der Waals surface area contributed by atoms with Gasteiger partial charge in [0.25, 0.3) is 0 Å². The van der Waals surface area contributed by atoms with E-state index in [0.29, 0.717) is 38.6 Å². The van der Waals surface area contributed by atoms with Crippen LogP contribution in [0.5, 0.6) is 0 Å².